The lowest BCUT2D eigenvalue weighted by Crippen LogP contribution is -2.46. The molecule has 4 rings (SSSR count). The summed E-state index contributed by atoms with van der Waals surface area (Å²) < 4.78 is 29.0. The number of fused-ring (bicyclic) bond motifs is 2. The number of piperidine rings is 1. The molecule has 1 saturated heterocycles. The van der Waals surface area contributed by atoms with E-state index in [1.165, 1.54) is 11.1 Å². The molecule has 1 fully saturated rings. The maximum atomic E-state index is 13.7. The lowest BCUT2D eigenvalue weighted by atomic mass is 9.73. The van der Waals surface area contributed by atoms with Gasteiger partial charge >= 0.3 is 0 Å². The summed E-state index contributed by atoms with van der Waals surface area (Å²) in [5, 5.41) is 0.275. The summed E-state index contributed by atoms with van der Waals surface area (Å²) in [6.07, 6.45) is 3.11. The predicted octanol–water partition coefficient (Wildman–Crippen LogP) is 4.91. The number of likely N-dealkylation sites (tertiary alicyclic amines) is 1. The molecule has 0 bridgehead atoms. The van der Waals surface area contributed by atoms with E-state index in [9.17, 15) is 8.42 Å². The summed E-state index contributed by atoms with van der Waals surface area (Å²) in [7, 11) is -3.73. The van der Waals surface area contributed by atoms with Gasteiger partial charge in [0, 0.05) is 12.0 Å². The van der Waals surface area contributed by atoms with Gasteiger partial charge in [-0.3, -0.25) is 4.31 Å². The molecule has 156 valence electrons. The molecule has 2 heterocycles. The summed E-state index contributed by atoms with van der Waals surface area (Å²) in [5.41, 5.74) is 4.14. The van der Waals surface area contributed by atoms with Gasteiger partial charge in [-0.05, 0) is 76.0 Å². The van der Waals surface area contributed by atoms with Crippen molar-refractivity contribution < 1.29 is 8.42 Å². The Bertz CT molecular complexity index is 1030. The number of aryl methyl sites for hydroxylation is 2. The van der Waals surface area contributed by atoms with Crippen molar-refractivity contribution in [2.75, 3.05) is 30.5 Å². The van der Waals surface area contributed by atoms with Gasteiger partial charge in [-0.1, -0.05) is 48.4 Å². The molecular formula is C23H29ClN2O2S. The first-order valence-electron chi connectivity index (χ1n) is 10.4. The van der Waals surface area contributed by atoms with Gasteiger partial charge in [0.1, 0.15) is 4.90 Å². The van der Waals surface area contributed by atoms with E-state index in [-0.39, 0.29) is 15.3 Å². The van der Waals surface area contributed by atoms with Gasteiger partial charge in [0.2, 0.25) is 0 Å². The summed E-state index contributed by atoms with van der Waals surface area (Å²) in [6.45, 7) is 9.96. The van der Waals surface area contributed by atoms with Crippen molar-refractivity contribution in [2.45, 2.75) is 50.3 Å². The molecule has 4 nitrogen and oxygen atoms in total. The minimum atomic E-state index is -3.73. The van der Waals surface area contributed by atoms with Crippen molar-refractivity contribution in [1.82, 2.24) is 4.90 Å². The average Bonchev–Trinajstić information content (AvgIpc) is 2.99. The summed E-state index contributed by atoms with van der Waals surface area (Å²) in [4.78, 5) is 2.69. The van der Waals surface area contributed by atoms with Crippen molar-refractivity contribution >= 4 is 27.3 Å². The molecule has 1 spiro atoms. The van der Waals surface area contributed by atoms with Crippen LogP contribution in [0.15, 0.2) is 41.3 Å². The third-order valence-corrected chi connectivity index (χ3v) is 8.71. The highest BCUT2D eigenvalue weighted by molar-refractivity contribution is 7.93. The molecule has 0 radical (unpaired) electrons. The minimum absolute atomic E-state index is 0.120. The number of benzene rings is 2. The fraction of sp³-hybridized carbons (Fsp3) is 0.478. The Hall–Kier alpha value is -1.56. The van der Waals surface area contributed by atoms with E-state index in [1.807, 2.05) is 6.92 Å². The molecule has 0 saturated carbocycles. The van der Waals surface area contributed by atoms with Crippen LogP contribution in [0.3, 0.4) is 0 Å². The Morgan fingerprint density at radius 2 is 1.79 bits per heavy atom. The Labute approximate surface area is 179 Å². The molecule has 2 aromatic carbocycles. The molecule has 6 heteroatoms. The van der Waals surface area contributed by atoms with Crippen LogP contribution in [0, 0.1) is 13.8 Å². The van der Waals surface area contributed by atoms with Gasteiger partial charge in [-0.2, -0.15) is 0 Å². The molecule has 29 heavy (non-hydrogen) atoms. The van der Waals surface area contributed by atoms with E-state index in [0.29, 0.717) is 6.54 Å². The highest BCUT2D eigenvalue weighted by Gasteiger charge is 2.49. The lowest BCUT2D eigenvalue weighted by molar-refractivity contribution is 0.168. The van der Waals surface area contributed by atoms with E-state index in [0.717, 1.165) is 50.1 Å². The molecule has 0 aliphatic carbocycles. The van der Waals surface area contributed by atoms with E-state index < -0.39 is 10.0 Å². The predicted molar refractivity (Wildman–Crippen MR) is 120 cm³/mol. The molecular weight excluding hydrogens is 404 g/mol. The minimum Gasteiger partial charge on any atom is -0.303 e. The second kappa shape index (κ2) is 7.60. The Balaban J connectivity index is 1.80. The number of hydrogen-bond acceptors (Lipinski definition) is 3. The Morgan fingerprint density at radius 1 is 1.10 bits per heavy atom. The topological polar surface area (TPSA) is 40.6 Å². The third-order valence-electron chi connectivity index (χ3n) is 6.47. The van der Waals surface area contributed by atoms with Gasteiger partial charge in [0.25, 0.3) is 10.0 Å². The van der Waals surface area contributed by atoms with E-state index >= 15 is 0 Å². The SMILES string of the molecule is CCCN1CCC2(CC1)CN(S(=O)(=O)c1ccccc1Cl)c1c(C)cc(C)cc12. The summed E-state index contributed by atoms with van der Waals surface area (Å²) in [5.74, 6) is 0. The standard InChI is InChI=1S/C23H29ClN2O2S/c1-4-11-25-12-9-23(10-13-25)16-26(22-18(3)14-17(2)15-19(22)23)29(27,28)21-8-6-5-7-20(21)24/h5-8,14-15H,4,9-13,16H2,1-3H3. The van der Waals surface area contributed by atoms with Gasteiger partial charge < -0.3 is 4.90 Å². The Kier molecular flexibility index (Phi) is 5.43. The van der Waals surface area contributed by atoms with Crippen LogP contribution < -0.4 is 4.31 Å². The highest BCUT2D eigenvalue weighted by atomic mass is 35.5. The number of hydrogen-bond donors (Lipinski definition) is 0. The smallest absolute Gasteiger partial charge is 0.265 e. The molecule has 0 amide bonds. The maximum Gasteiger partial charge on any atom is 0.265 e. The van der Waals surface area contributed by atoms with Gasteiger partial charge in [-0.15, -0.1) is 0 Å². The molecule has 0 aromatic heterocycles. The van der Waals surface area contributed by atoms with Crippen molar-refractivity contribution in [1.29, 1.82) is 0 Å². The van der Waals surface area contributed by atoms with E-state index in [1.54, 1.807) is 28.6 Å². The van der Waals surface area contributed by atoms with Gasteiger partial charge in [0.15, 0.2) is 0 Å². The first-order valence-corrected chi connectivity index (χ1v) is 12.2. The van der Waals surface area contributed by atoms with Crippen LogP contribution in [-0.2, 0) is 15.4 Å². The molecule has 2 aliphatic heterocycles. The van der Waals surface area contributed by atoms with Crippen molar-refractivity contribution in [2.24, 2.45) is 0 Å². The van der Waals surface area contributed by atoms with E-state index in [4.69, 9.17) is 11.6 Å². The number of anilines is 1. The van der Waals surface area contributed by atoms with Gasteiger partial charge in [-0.25, -0.2) is 8.42 Å². The zero-order valence-electron chi connectivity index (χ0n) is 17.4. The average molecular weight is 433 g/mol. The third kappa shape index (κ3) is 3.47. The normalized spacial score (nSPS) is 19.0. The zero-order chi connectivity index (χ0) is 20.8. The quantitative estimate of drug-likeness (QED) is 0.689. The summed E-state index contributed by atoms with van der Waals surface area (Å²) in [6, 6.07) is 11.0. The number of sulfonamides is 1. The lowest BCUT2D eigenvalue weighted by Gasteiger charge is -2.40. The molecule has 2 aromatic rings. The number of rotatable bonds is 4. The van der Waals surface area contributed by atoms with Crippen LogP contribution in [0.25, 0.3) is 0 Å². The maximum absolute atomic E-state index is 13.7. The van der Waals surface area contributed by atoms with Crippen LogP contribution in [0.2, 0.25) is 5.02 Å². The van der Waals surface area contributed by atoms with E-state index in [2.05, 4.69) is 30.9 Å². The zero-order valence-corrected chi connectivity index (χ0v) is 19.0. The first-order chi connectivity index (χ1) is 13.8. The molecule has 0 N–H and O–H groups in total. The van der Waals surface area contributed by atoms with Crippen molar-refractivity contribution in [3.8, 4) is 0 Å². The van der Waals surface area contributed by atoms with Crippen LogP contribution in [-0.4, -0.2) is 39.5 Å². The summed E-state index contributed by atoms with van der Waals surface area (Å²) >= 11 is 6.30. The van der Waals surface area contributed by atoms with Crippen LogP contribution in [0.4, 0.5) is 5.69 Å². The van der Waals surface area contributed by atoms with Crippen molar-refractivity contribution in [3.05, 3.63) is 58.1 Å². The van der Waals surface area contributed by atoms with Crippen molar-refractivity contribution in [3.63, 3.8) is 0 Å². The molecule has 0 atom stereocenters. The largest absolute Gasteiger partial charge is 0.303 e. The fourth-order valence-electron chi connectivity index (χ4n) is 5.06. The van der Waals surface area contributed by atoms with Gasteiger partial charge in [0.05, 0.1) is 10.7 Å². The molecule has 2 aliphatic rings. The van der Waals surface area contributed by atoms with Crippen LogP contribution in [0.1, 0.15) is 42.9 Å². The second-order valence-electron chi connectivity index (χ2n) is 8.54. The second-order valence-corrected chi connectivity index (χ2v) is 10.8. The van der Waals surface area contributed by atoms with Crippen LogP contribution in [0.5, 0.6) is 0 Å². The fourth-order valence-corrected chi connectivity index (χ4v) is 7.19. The first kappa shape index (κ1) is 20.7. The highest BCUT2D eigenvalue weighted by Crippen LogP contribution is 2.50. The molecule has 0 unspecified atom stereocenters. The Morgan fingerprint density at radius 3 is 2.45 bits per heavy atom. The number of halogens is 1. The number of nitrogens with zero attached hydrogens (tertiary/aromatic N) is 2. The van der Waals surface area contributed by atoms with Crippen LogP contribution >= 0.6 is 11.6 Å². The monoisotopic (exact) mass is 432 g/mol.